The Morgan fingerprint density at radius 3 is 2.70 bits per heavy atom. The molecule has 0 amide bonds. The molecule has 2 N–H and O–H groups in total. The zero-order chi connectivity index (χ0) is 14.8. The van der Waals surface area contributed by atoms with Crippen LogP contribution in [-0.4, -0.2) is 43.0 Å². The van der Waals surface area contributed by atoms with Gasteiger partial charge in [-0.1, -0.05) is 18.2 Å². The zero-order valence-electron chi connectivity index (χ0n) is 10.8. The smallest absolute Gasteiger partial charge is 0.354 e. The molecule has 1 aromatic heterocycles. The summed E-state index contributed by atoms with van der Waals surface area (Å²) in [4.78, 5) is 15.1. The standard InChI is InChI=1S/C13H14N2O4S/c1-20(18,19)7-6-14-11-8-12(13(16)17)15-10-5-3-2-4-9(10)11/h2-5,8H,6-7H2,1H3,(H,14,15)(H,16,17). The van der Waals surface area contributed by atoms with Gasteiger partial charge in [0.1, 0.15) is 9.84 Å². The van der Waals surface area contributed by atoms with Gasteiger partial charge in [0.25, 0.3) is 0 Å². The Morgan fingerprint density at radius 1 is 1.35 bits per heavy atom. The second-order valence-electron chi connectivity index (χ2n) is 4.43. The van der Waals surface area contributed by atoms with Crippen LogP contribution in [0.4, 0.5) is 5.69 Å². The van der Waals surface area contributed by atoms with Crippen LogP contribution in [0, 0.1) is 0 Å². The van der Waals surface area contributed by atoms with Gasteiger partial charge in [-0.15, -0.1) is 0 Å². The third kappa shape index (κ3) is 3.45. The van der Waals surface area contributed by atoms with E-state index in [0.717, 1.165) is 11.6 Å². The van der Waals surface area contributed by atoms with Crippen LogP contribution < -0.4 is 5.32 Å². The summed E-state index contributed by atoms with van der Waals surface area (Å²) in [7, 11) is -3.07. The van der Waals surface area contributed by atoms with Gasteiger partial charge in [0.05, 0.1) is 11.3 Å². The van der Waals surface area contributed by atoms with E-state index in [1.54, 1.807) is 18.2 Å². The Morgan fingerprint density at radius 2 is 2.05 bits per heavy atom. The number of benzene rings is 1. The fraction of sp³-hybridized carbons (Fsp3) is 0.231. The van der Waals surface area contributed by atoms with Gasteiger partial charge >= 0.3 is 5.97 Å². The molecule has 0 radical (unpaired) electrons. The molecule has 1 aromatic carbocycles. The maximum atomic E-state index is 11.1. The van der Waals surface area contributed by atoms with Crippen LogP contribution in [0.15, 0.2) is 30.3 Å². The molecular formula is C13H14N2O4S. The third-order valence-electron chi connectivity index (χ3n) is 2.72. The van der Waals surface area contributed by atoms with Gasteiger partial charge in [-0.05, 0) is 12.1 Å². The van der Waals surface area contributed by atoms with E-state index in [1.807, 2.05) is 6.07 Å². The molecule has 0 aliphatic heterocycles. The van der Waals surface area contributed by atoms with Crippen molar-refractivity contribution in [2.75, 3.05) is 23.9 Å². The monoisotopic (exact) mass is 294 g/mol. The van der Waals surface area contributed by atoms with Crippen molar-refractivity contribution in [3.05, 3.63) is 36.0 Å². The number of pyridine rings is 1. The number of para-hydroxylation sites is 1. The minimum absolute atomic E-state index is 0.0218. The number of fused-ring (bicyclic) bond motifs is 1. The topological polar surface area (TPSA) is 96.4 Å². The number of carboxylic acid groups (broad SMARTS) is 1. The zero-order valence-corrected chi connectivity index (χ0v) is 11.6. The molecule has 0 saturated carbocycles. The maximum Gasteiger partial charge on any atom is 0.354 e. The molecule has 0 fully saturated rings. The van der Waals surface area contributed by atoms with Crippen molar-refractivity contribution in [3.8, 4) is 0 Å². The number of aromatic carboxylic acids is 1. The molecule has 0 unspecified atom stereocenters. The van der Waals surface area contributed by atoms with Crippen LogP contribution in [0.5, 0.6) is 0 Å². The number of anilines is 1. The van der Waals surface area contributed by atoms with Crippen LogP contribution in [0.3, 0.4) is 0 Å². The van der Waals surface area contributed by atoms with E-state index in [4.69, 9.17) is 5.11 Å². The molecule has 1 heterocycles. The molecule has 0 bridgehead atoms. The molecule has 0 spiro atoms. The van der Waals surface area contributed by atoms with Crippen LogP contribution in [0.25, 0.3) is 10.9 Å². The molecule has 20 heavy (non-hydrogen) atoms. The van der Waals surface area contributed by atoms with Crippen molar-refractivity contribution in [2.24, 2.45) is 0 Å². The lowest BCUT2D eigenvalue weighted by atomic mass is 10.1. The number of carbonyl (C=O) groups is 1. The number of sulfone groups is 1. The van der Waals surface area contributed by atoms with Gasteiger partial charge in [0.2, 0.25) is 0 Å². The van der Waals surface area contributed by atoms with E-state index < -0.39 is 15.8 Å². The molecule has 6 nitrogen and oxygen atoms in total. The summed E-state index contributed by atoms with van der Waals surface area (Å²) in [5, 5.41) is 12.7. The van der Waals surface area contributed by atoms with E-state index in [9.17, 15) is 13.2 Å². The first-order valence-corrected chi connectivity index (χ1v) is 7.97. The molecule has 0 saturated heterocycles. The van der Waals surface area contributed by atoms with E-state index >= 15 is 0 Å². The highest BCUT2D eigenvalue weighted by Crippen LogP contribution is 2.23. The molecule has 0 aliphatic carbocycles. The molecule has 106 valence electrons. The minimum Gasteiger partial charge on any atom is -0.477 e. The summed E-state index contributed by atoms with van der Waals surface area (Å²) in [6.45, 7) is 0.214. The number of aromatic nitrogens is 1. The summed E-state index contributed by atoms with van der Waals surface area (Å²) in [6, 6.07) is 8.50. The summed E-state index contributed by atoms with van der Waals surface area (Å²) in [5.74, 6) is -1.14. The first-order valence-electron chi connectivity index (χ1n) is 5.91. The van der Waals surface area contributed by atoms with Crippen LogP contribution in [-0.2, 0) is 9.84 Å². The lowest BCUT2D eigenvalue weighted by Gasteiger charge is -2.10. The van der Waals surface area contributed by atoms with E-state index in [0.29, 0.717) is 11.2 Å². The van der Waals surface area contributed by atoms with Crippen molar-refractivity contribution in [1.82, 2.24) is 4.98 Å². The Labute approximate surface area is 116 Å². The van der Waals surface area contributed by atoms with Gasteiger partial charge in [0.15, 0.2) is 5.69 Å². The van der Waals surface area contributed by atoms with Gasteiger partial charge in [0, 0.05) is 23.9 Å². The van der Waals surface area contributed by atoms with Crippen LogP contribution >= 0.6 is 0 Å². The highest BCUT2D eigenvalue weighted by atomic mass is 32.2. The summed E-state index contributed by atoms with van der Waals surface area (Å²) < 4.78 is 22.2. The number of hydrogen-bond donors (Lipinski definition) is 2. The molecule has 2 rings (SSSR count). The molecule has 0 aliphatic rings. The summed E-state index contributed by atoms with van der Waals surface area (Å²) in [6.07, 6.45) is 1.15. The lowest BCUT2D eigenvalue weighted by Crippen LogP contribution is -2.15. The van der Waals surface area contributed by atoms with Crippen LogP contribution in [0.2, 0.25) is 0 Å². The van der Waals surface area contributed by atoms with E-state index in [1.165, 1.54) is 6.07 Å². The van der Waals surface area contributed by atoms with Gasteiger partial charge in [-0.2, -0.15) is 0 Å². The number of nitrogens with one attached hydrogen (secondary N) is 1. The fourth-order valence-electron chi connectivity index (χ4n) is 1.80. The van der Waals surface area contributed by atoms with Crippen molar-refractivity contribution < 1.29 is 18.3 Å². The van der Waals surface area contributed by atoms with Gasteiger partial charge < -0.3 is 10.4 Å². The Bertz CT molecular complexity index is 756. The average Bonchev–Trinajstić information content (AvgIpc) is 2.36. The quantitative estimate of drug-likeness (QED) is 0.865. The highest BCUT2D eigenvalue weighted by molar-refractivity contribution is 7.90. The minimum atomic E-state index is -3.07. The largest absolute Gasteiger partial charge is 0.477 e. The van der Waals surface area contributed by atoms with Crippen molar-refractivity contribution >= 4 is 32.4 Å². The Balaban J connectivity index is 2.37. The SMILES string of the molecule is CS(=O)(=O)CCNc1cc(C(=O)O)nc2ccccc12. The molecule has 7 heteroatoms. The van der Waals surface area contributed by atoms with E-state index in [-0.39, 0.29) is 18.0 Å². The number of nitrogens with zero attached hydrogens (tertiary/aromatic N) is 1. The maximum absolute atomic E-state index is 11.1. The number of carboxylic acids is 1. The van der Waals surface area contributed by atoms with Gasteiger partial charge in [-0.3, -0.25) is 0 Å². The van der Waals surface area contributed by atoms with Crippen molar-refractivity contribution in [3.63, 3.8) is 0 Å². The molecular weight excluding hydrogens is 280 g/mol. The number of hydrogen-bond acceptors (Lipinski definition) is 5. The van der Waals surface area contributed by atoms with Gasteiger partial charge in [-0.25, -0.2) is 18.2 Å². The highest BCUT2D eigenvalue weighted by Gasteiger charge is 2.11. The Kier molecular flexibility index (Phi) is 3.89. The van der Waals surface area contributed by atoms with Crippen molar-refractivity contribution in [2.45, 2.75) is 0 Å². The summed E-state index contributed by atoms with van der Waals surface area (Å²) in [5.41, 5.74) is 1.04. The first-order chi connectivity index (χ1) is 9.37. The van der Waals surface area contributed by atoms with Crippen LogP contribution in [0.1, 0.15) is 10.5 Å². The van der Waals surface area contributed by atoms with Crippen molar-refractivity contribution in [1.29, 1.82) is 0 Å². The molecule has 0 atom stereocenters. The third-order valence-corrected chi connectivity index (χ3v) is 3.67. The molecule has 2 aromatic rings. The fourth-order valence-corrected chi connectivity index (χ4v) is 2.28. The summed E-state index contributed by atoms with van der Waals surface area (Å²) >= 11 is 0. The average molecular weight is 294 g/mol. The second-order valence-corrected chi connectivity index (χ2v) is 6.69. The lowest BCUT2D eigenvalue weighted by molar-refractivity contribution is 0.0691. The predicted molar refractivity (Wildman–Crippen MR) is 76.9 cm³/mol. The normalized spacial score (nSPS) is 11.4. The second kappa shape index (κ2) is 5.46. The first kappa shape index (κ1) is 14.3. The number of rotatable bonds is 5. The Hall–Kier alpha value is -2.15. The van der Waals surface area contributed by atoms with E-state index in [2.05, 4.69) is 10.3 Å². The predicted octanol–water partition coefficient (Wildman–Crippen LogP) is 1.39.